The van der Waals surface area contributed by atoms with Gasteiger partial charge in [0.25, 0.3) is 5.91 Å². The lowest BCUT2D eigenvalue weighted by Crippen LogP contribution is -2.09. The molecule has 3 aromatic rings. The van der Waals surface area contributed by atoms with E-state index in [1.165, 1.54) is 11.3 Å². The highest BCUT2D eigenvalue weighted by molar-refractivity contribution is 7.12. The monoisotopic (exact) mass is 357 g/mol. The van der Waals surface area contributed by atoms with E-state index in [0.717, 1.165) is 27.6 Å². The number of carbonyl (C=O) groups excluding carboxylic acids is 1. The van der Waals surface area contributed by atoms with E-state index in [2.05, 4.69) is 5.32 Å². The molecule has 0 aliphatic carbocycles. The van der Waals surface area contributed by atoms with Gasteiger partial charge in [-0.05, 0) is 54.3 Å². The van der Waals surface area contributed by atoms with Crippen LogP contribution in [0.15, 0.2) is 60.0 Å². The van der Waals surface area contributed by atoms with Crippen molar-refractivity contribution < 1.29 is 9.53 Å². The summed E-state index contributed by atoms with van der Waals surface area (Å²) in [4.78, 5) is 12.9. The molecule has 5 heteroatoms. The van der Waals surface area contributed by atoms with E-state index in [1.807, 2.05) is 66.9 Å². The number of benzene rings is 2. The molecule has 1 amide bonds. The zero-order valence-corrected chi connectivity index (χ0v) is 14.7. The fraction of sp³-hybridized carbons (Fsp3) is 0.105. The number of hydrogen-bond acceptors (Lipinski definition) is 3. The second-order valence-electron chi connectivity index (χ2n) is 5.34. The van der Waals surface area contributed by atoms with Crippen LogP contribution in [0.2, 0.25) is 5.02 Å². The van der Waals surface area contributed by atoms with Gasteiger partial charge in [-0.3, -0.25) is 4.79 Å². The smallest absolute Gasteiger partial charge is 0.265 e. The molecule has 3 nitrogen and oxygen atoms in total. The molecule has 2 aromatic carbocycles. The molecule has 3 rings (SSSR count). The number of halogens is 1. The maximum Gasteiger partial charge on any atom is 0.265 e. The van der Waals surface area contributed by atoms with Crippen molar-refractivity contribution in [1.82, 2.24) is 0 Å². The molecule has 0 aliphatic rings. The molecule has 0 atom stereocenters. The molecule has 0 aliphatic heterocycles. The van der Waals surface area contributed by atoms with Crippen LogP contribution in [0.3, 0.4) is 0 Å². The highest BCUT2D eigenvalue weighted by Crippen LogP contribution is 2.23. The second-order valence-corrected chi connectivity index (χ2v) is 6.66. The van der Waals surface area contributed by atoms with Gasteiger partial charge in [-0.1, -0.05) is 29.8 Å². The van der Waals surface area contributed by atoms with Gasteiger partial charge in [0, 0.05) is 16.3 Å². The minimum absolute atomic E-state index is 0.111. The summed E-state index contributed by atoms with van der Waals surface area (Å²) in [5, 5.41) is 5.53. The van der Waals surface area contributed by atoms with Gasteiger partial charge in [0.05, 0.1) is 4.88 Å². The standard InChI is InChI=1S/C19H16ClNO2S/c1-13-9-16(7-8-17(13)20)23-11-14-10-18(24-12-14)19(22)21-15-5-3-2-4-6-15/h2-10,12H,11H2,1H3,(H,21,22). The quantitative estimate of drug-likeness (QED) is 0.650. The number of amides is 1. The molecule has 0 fully saturated rings. The normalized spacial score (nSPS) is 10.4. The number of nitrogens with one attached hydrogen (secondary N) is 1. The number of carbonyl (C=O) groups is 1. The first-order valence-electron chi connectivity index (χ1n) is 7.44. The van der Waals surface area contributed by atoms with Crippen LogP contribution in [-0.2, 0) is 6.61 Å². The summed E-state index contributed by atoms with van der Waals surface area (Å²) in [6, 6.07) is 16.8. The first-order valence-corrected chi connectivity index (χ1v) is 8.70. The Hall–Kier alpha value is -2.30. The number of anilines is 1. The molecule has 24 heavy (non-hydrogen) atoms. The maximum atomic E-state index is 12.2. The zero-order chi connectivity index (χ0) is 16.9. The summed E-state index contributed by atoms with van der Waals surface area (Å²) < 4.78 is 5.76. The molecule has 0 unspecified atom stereocenters. The summed E-state index contributed by atoms with van der Waals surface area (Å²) in [7, 11) is 0. The molecule has 0 saturated carbocycles. The fourth-order valence-corrected chi connectivity index (χ4v) is 3.07. The molecule has 1 N–H and O–H groups in total. The van der Waals surface area contributed by atoms with E-state index in [9.17, 15) is 4.79 Å². The molecule has 1 aromatic heterocycles. The van der Waals surface area contributed by atoms with Gasteiger partial charge in [0.2, 0.25) is 0 Å². The predicted octanol–water partition coefficient (Wildman–Crippen LogP) is 5.54. The topological polar surface area (TPSA) is 38.3 Å². The first kappa shape index (κ1) is 16.6. The molecular weight excluding hydrogens is 342 g/mol. The van der Waals surface area contributed by atoms with Crippen LogP contribution in [0.4, 0.5) is 5.69 Å². The lowest BCUT2D eigenvalue weighted by molar-refractivity contribution is 0.103. The summed E-state index contributed by atoms with van der Waals surface area (Å²) in [6.07, 6.45) is 0. The summed E-state index contributed by atoms with van der Waals surface area (Å²) in [5.41, 5.74) is 2.72. The van der Waals surface area contributed by atoms with Crippen LogP contribution in [0.5, 0.6) is 5.75 Å². The van der Waals surface area contributed by atoms with Crippen molar-refractivity contribution in [2.45, 2.75) is 13.5 Å². The van der Waals surface area contributed by atoms with Crippen molar-refractivity contribution in [3.63, 3.8) is 0 Å². The summed E-state index contributed by atoms with van der Waals surface area (Å²) in [6.45, 7) is 2.35. The zero-order valence-electron chi connectivity index (χ0n) is 13.1. The molecule has 0 spiro atoms. The van der Waals surface area contributed by atoms with E-state index in [0.29, 0.717) is 11.5 Å². The van der Waals surface area contributed by atoms with Gasteiger partial charge in [-0.25, -0.2) is 0 Å². The molecule has 0 bridgehead atoms. The second kappa shape index (κ2) is 7.51. The number of thiophene rings is 1. The number of hydrogen-bond donors (Lipinski definition) is 1. The molecule has 1 heterocycles. The van der Waals surface area contributed by atoms with Crippen molar-refractivity contribution >= 4 is 34.5 Å². The van der Waals surface area contributed by atoms with E-state index >= 15 is 0 Å². The molecule has 0 radical (unpaired) electrons. The van der Waals surface area contributed by atoms with Crippen LogP contribution in [0.25, 0.3) is 0 Å². The van der Waals surface area contributed by atoms with E-state index in [4.69, 9.17) is 16.3 Å². The minimum atomic E-state index is -0.111. The Labute approximate surface area is 149 Å². The Morgan fingerprint density at radius 1 is 1.17 bits per heavy atom. The van der Waals surface area contributed by atoms with Crippen LogP contribution < -0.4 is 10.1 Å². The minimum Gasteiger partial charge on any atom is -0.489 e. The van der Waals surface area contributed by atoms with Gasteiger partial charge < -0.3 is 10.1 Å². The number of rotatable bonds is 5. The van der Waals surface area contributed by atoms with Crippen molar-refractivity contribution in [1.29, 1.82) is 0 Å². The Morgan fingerprint density at radius 2 is 1.96 bits per heavy atom. The molecular formula is C19H16ClNO2S. The third kappa shape index (κ3) is 4.16. The van der Waals surface area contributed by atoms with Gasteiger partial charge in [0.15, 0.2) is 0 Å². The lowest BCUT2D eigenvalue weighted by Gasteiger charge is -2.06. The fourth-order valence-electron chi connectivity index (χ4n) is 2.16. The third-order valence-corrected chi connectivity index (χ3v) is 4.85. The summed E-state index contributed by atoms with van der Waals surface area (Å²) in [5.74, 6) is 0.651. The largest absolute Gasteiger partial charge is 0.489 e. The molecule has 0 saturated heterocycles. The Kier molecular flexibility index (Phi) is 5.18. The average molecular weight is 358 g/mol. The average Bonchev–Trinajstić information content (AvgIpc) is 3.06. The Morgan fingerprint density at radius 3 is 2.71 bits per heavy atom. The van der Waals surface area contributed by atoms with Crippen molar-refractivity contribution in [2.24, 2.45) is 0 Å². The highest BCUT2D eigenvalue weighted by atomic mass is 35.5. The van der Waals surface area contributed by atoms with Crippen molar-refractivity contribution in [2.75, 3.05) is 5.32 Å². The first-order chi connectivity index (χ1) is 11.6. The SMILES string of the molecule is Cc1cc(OCc2csc(C(=O)Nc3ccccc3)c2)ccc1Cl. The van der Waals surface area contributed by atoms with Crippen LogP contribution in [0, 0.1) is 6.92 Å². The van der Waals surface area contributed by atoms with Crippen LogP contribution >= 0.6 is 22.9 Å². The van der Waals surface area contributed by atoms with E-state index in [1.54, 1.807) is 0 Å². The van der Waals surface area contributed by atoms with Crippen molar-refractivity contribution in [3.05, 3.63) is 81.0 Å². The number of para-hydroxylation sites is 1. The van der Waals surface area contributed by atoms with Crippen molar-refractivity contribution in [3.8, 4) is 5.75 Å². The predicted molar refractivity (Wildman–Crippen MR) is 99.2 cm³/mol. The third-order valence-electron chi connectivity index (χ3n) is 3.44. The van der Waals surface area contributed by atoms with Gasteiger partial charge in [0.1, 0.15) is 12.4 Å². The molecule has 122 valence electrons. The van der Waals surface area contributed by atoms with E-state index in [-0.39, 0.29) is 5.91 Å². The van der Waals surface area contributed by atoms with Gasteiger partial charge in [-0.15, -0.1) is 11.3 Å². The van der Waals surface area contributed by atoms with Gasteiger partial charge >= 0.3 is 0 Å². The maximum absolute atomic E-state index is 12.2. The van der Waals surface area contributed by atoms with Crippen LogP contribution in [0.1, 0.15) is 20.8 Å². The number of aryl methyl sites for hydroxylation is 1. The Balaban J connectivity index is 1.60. The van der Waals surface area contributed by atoms with Crippen LogP contribution in [-0.4, -0.2) is 5.91 Å². The lowest BCUT2D eigenvalue weighted by atomic mass is 10.2. The summed E-state index contributed by atoms with van der Waals surface area (Å²) >= 11 is 7.41. The highest BCUT2D eigenvalue weighted by Gasteiger charge is 2.10. The van der Waals surface area contributed by atoms with Gasteiger partial charge in [-0.2, -0.15) is 0 Å². The Bertz CT molecular complexity index is 846. The van der Waals surface area contributed by atoms with E-state index < -0.39 is 0 Å². The number of ether oxygens (including phenoxy) is 1.